The Hall–Kier alpha value is -2.62. The van der Waals surface area contributed by atoms with Crippen molar-refractivity contribution in [3.63, 3.8) is 0 Å². The van der Waals surface area contributed by atoms with Crippen LogP contribution in [0, 0.1) is 0 Å². The summed E-state index contributed by atoms with van der Waals surface area (Å²) in [5.74, 6) is 0.838. The Morgan fingerprint density at radius 2 is 2.10 bits per heavy atom. The topological polar surface area (TPSA) is 49.0 Å². The van der Waals surface area contributed by atoms with Crippen molar-refractivity contribution in [3.8, 4) is 0 Å². The van der Waals surface area contributed by atoms with Crippen molar-refractivity contribution in [1.82, 2.24) is 9.97 Å². The largest absolute Gasteiger partial charge is 0.356 e. The zero-order chi connectivity index (χ0) is 13.9. The second-order valence-corrected chi connectivity index (χ2v) is 4.77. The van der Waals surface area contributed by atoms with Crippen LogP contribution in [0.25, 0.3) is 10.9 Å². The van der Waals surface area contributed by atoms with Crippen molar-refractivity contribution in [1.29, 1.82) is 0 Å². The van der Waals surface area contributed by atoms with Crippen LogP contribution in [0.1, 0.15) is 15.9 Å². The molecular formula is C16H15N3O. The number of aromatic amines is 1. The molecule has 4 heteroatoms. The number of hydrogen-bond acceptors (Lipinski definition) is 3. The number of aldehydes is 1. The van der Waals surface area contributed by atoms with E-state index < -0.39 is 0 Å². The van der Waals surface area contributed by atoms with Crippen molar-refractivity contribution in [2.75, 3.05) is 11.9 Å². The van der Waals surface area contributed by atoms with Crippen LogP contribution in [0.4, 0.5) is 5.82 Å². The van der Waals surface area contributed by atoms with Gasteiger partial charge in [-0.15, -0.1) is 0 Å². The zero-order valence-electron chi connectivity index (χ0n) is 11.2. The summed E-state index contributed by atoms with van der Waals surface area (Å²) in [5, 5.41) is 0.954. The summed E-state index contributed by atoms with van der Waals surface area (Å²) in [5.41, 5.74) is 2.78. The summed E-state index contributed by atoms with van der Waals surface area (Å²) < 4.78 is 0. The lowest BCUT2D eigenvalue weighted by atomic mass is 10.2. The highest BCUT2D eigenvalue weighted by Crippen LogP contribution is 2.27. The maximum atomic E-state index is 11.4. The van der Waals surface area contributed by atoms with Crippen molar-refractivity contribution < 1.29 is 4.79 Å². The summed E-state index contributed by atoms with van der Waals surface area (Å²) in [6.45, 7) is 0.696. The standard InChI is InChI=1S/C16H15N3O/c1-19(10-12-5-4-8-17-9-12)16-14(11-20)13-6-2-3-7-15(13)18-16/h2-9,11,18H,10H2,1H3. The lowest BCUT2D eigenvalue weighted by Crippen LogP contribution is -2.18. The number of carbonyl (C=O) groups excluding carboxylic acids is 1. The average Bonchev–Trinajstić information content (AvgIpc) is 2.87. The fourth-order valence-electron chi connectivity index (χ4n) is 2.41. The van der Waals surface area contributed by atoms with Crippen molar-refractivity contribution in [2.45, 2.75) is 6.54 Å². The number of carbonyl (C=O) groups is 1. The fraction of sp³-hybridized carbons (Fsp3) is 0.125. The monoisotopic (exact) mass is 265 g/mol. The Morgan fingerprint density at radius 3 is 2.85 bits per heavy atom. The molecule has 4 nitrogen and oxygen atoms in total. The lowest BCUT2D eigenvalue weighted by molar-refractivity contribution is 0.112. The average molecular weight is 265 g/mol. The molecule has 0 atom stereocenters. The summed E-state index contributed by atoms with van der Waals surface area (Å²) in [7, 11) is 1.96. The zero-order valence-corrected chi connectivity index (χ0v) is 11.2. The van der Waals surface area contributed by atoms with Gasteiger partial charge in [-0.3, -0.25) is 9.78 Å². The van der Waals surface area contributed by atoms with Crippen LogP contribution >= 0.6 is 0 Å². The predicted molar refractivity (Wildman–Crippen MR) is 80.0 cm³/mol. The predicted octanol–water partition coefficient (Wildman–Crippen LogP) is 3.01. The van der Waals surface area contributed by atoms with Gasteiger partial charge in [0.1, 0.15) is 5.82 Å². The van der Waals surface area contributed by atoms with Crippen LogP contribution in [-0.4, -0.2) is 23.3 Å². The highest BCUT2D eigenvalue weighted by atomic mass is 16.1. The Bertz CT molecular complexity index is 734. The first kappa shape index (κ1) is 12.4. The minimum absolute atomic E-state index is 0.696. The van der Waals surface area contributed by atoms with Gasteiger partial charge < -0.3 is 9.88 Å². The van der Waals surface area contributed by atoms with Gasteiger partial charge >= 0.3 is 0 Å². The molecule has 0 spiro atoms. The Balaban J connectivity index is 1.99. The van der Waals surface area contributed by atoms with Gasteiger partial charge in [-0.05, 0) is 17.7 Å². The van der Waals surface area contributed by atoms with E-state index >= 15 is 0 Å². The van der Waals surface area contributed by atoms with E-state index in [1.54, 1.807) is 6.20 Å². The van der Waals surface area contributed by atoms with Gasteiger partial charge in [0.2, 0.25) is 0 Å². The third kappa shape index (κ3) is 2.16. The van der Waals surface area contributed by atoms with Crippen molar-refractivity contribution in [3.05, 3.63) is 59.9 Å². The van der Waals surface area contributed by atoms with E-state index in [1.165, 1.54) is 0 Å². The Morgan fingerprint density at radius 1 is 1.25 bits per heavy atom. The van der Waals surface area contributed by atoms with E-state index in [-0.39, 0.29) is 0 Å². The first-order valence-corrected chi connectivity index (χ1v) is 6.45. The number of nitrogens with one attached hydrogen (secondary N) is 1. The number of aromatic nitrogens is 2. The number of benzene rings is 1. The van der Waals surface area contributed by atoms with Crippen LogP contribution in [0.15, 0.2) is 48.8 Å². The highest BCUT2D eigenvalue weighted by molar-refractivity contribution is 6.03. The van der Waals surface area contributed by atoms with Gasteiger partial charge in [0.05, 0.1) is 5.56 Å². The van der Waals surface area contributed by atoms with Gasteiger partial charge in [-0.1, -0.05) is 24.3 Å². The first-order valence-electron chi connectivity index (χ1n) is 6.45. The van der Waals surface area contributed by atoms with Gasteiger partial charge in [-0.25, -0.2) is 0 Å². The molecule has 2 heterocycles. The number of rotatable bonds is 4. The minimum Gasteiger partial charge on any atom is -0.356 e. The van der Waals surface area contributed by atoms with Crippen LogP contribution in [0.5, 0.6) is 0 Å². The molecule has 3 aromatic rings. The van der Waals surface area contributed by atoms with Crippen molar-refractivity contribution >= 4 is 23.0 Å². The number of pyridine rings is 1. The smallest absolute Gasteiger partial charge is 0.154 e. The Labute approximate surface area is 117 Å². The molecule has 0 fully saturated rings. The van der Waals surface area contributed by atoms with Crippen LogP contribution in [-0.2, 0) is 6.54 Å². The van der Waals surface area contributed by atoms with E-state index in [0.717, 1.165) is 28.6 Å². The molecular weight excluding hydrogens is 250 g/mol. The molecule has 3 rings (SSSR count). The van der Waals surface area contributed by atoms with Crippen LogP contribution in [0.2, 0.25) is 0 Å². The molecule has 0 aliphatic rings. The van der Waals surface area contributed by atoms with E-state index in [9.17, 15) is 4.79 Å². The van der Waals surface area contributed by atoms with E-state index in [4.69, 9.17) is 0 Å². The van der Waals surface area contributed by atoms with Crippen molar-refractivity contribution in [2.24, 2.45) is 0 Å². The minimum atomic E-state index is 0.696. The van der Waals surface area contributed by atoms with Gasteiger partial charge in [0.25, 0.3) is 0 Å². The lowest BCUT2D eigenvalue weighted by Gasteiger charge is -2.18. The fourth-order valence-corrected chi connectivity index (χ4v) is 2.41. The normalized spacial score (nSPS) is 10.7. The summed E-state index contributed by atoms with van der Waals surface area (Å²) >= 11 is 0. The molecule has 0 saturated carbocycles. The molecule has 0 amide bonds. The molecule has 1 aromatic carbocycles. The van der Waals surface area contributed by atoms with Gasteiger partial charge in [-0.2, -0.15) is 0 Å². The molecule has 1 N–H and O–H groups in total. The molecule has 20 heavy (non-hydrogen) atoms. The molecule has 0 unspecified atom stereocenters. The molecule has 0 bridgehead atoms. The summed E-state index contributed by atoms with van der Waals surface area (Å²) in [6, 6.07) is 11.8. The van der Waals surface area contributed by atoms with Gasteiger partial charge in [0, 0.05) is 36.9 Å². The molecule has 0 saturated heterocycles. The van der Waals surface area contributed by atoms with Crippen LogP contribution in [0.3, 0.4) is 0 Å². The maximum absolute atomic E-state index is 11.4. The molecule has 100 valence electrons. The second-order valence-electron chi connectivity index (χ2n) is 4.77. The number of fused-ring (bicyclic) bond motifs is 1. The molecule has 0 radical (unpaired) electrons. The van der Waals surface area contributed by atoms with Gasteiger partial charge in [0.15, 0.2) is 6.29 Å². The molecule has 0 aliphatic carbocycles. The van der Waals surface area contributed by atoms with E-state index in [0.29, 0.717) is 12.1 Å². The van der Waals surface area contributed by atoms with Crippen LogP contribution < -0.4 is 4.90 Å². The third-order valence-electron chi connectivity index (χ3n) is 3.37. The molecule has 0 aliphatic heterocycles. The number of para-hydroxylation sites is 1. The maximum Gasteiger partial charge on any atom is 0.154 e. The summed E-state index contributed by atoms with van der Waals surface area (Å²) in [6.07, 6.45) is 4.50. The second kappa shape index (κ2) is 5.17. The third-order valence-corrected chi connectivity index (χ3v) is 3.37. The number of H-pyrrole nitrogens is 1. The van der Waals surface area contributed by atoms with E-state index in [2.05, 4.69) is 9.97 Å². The highest BCUT2D eigenvalue weighted by Gasteiger charge is 2.14. The summed E-state index contributed by atoms with van der Waals surface area (Å²) in [4.78, 5) is 20.8. The molecule has 2 aromatic heterocycles. The first-order chi connectivity index (χ1) is 9.79. The number of hydrogen-bond donors (Lipinski definition) is 1. The quantitative estimate of drug-likeness (QED) is 0.738. The number of nitrogens with zero attached hydrogens (tertiary/aromatic N) is 2. The number of anilines is 1. The Kier molecular flexibility index (Phi) is 3.21. The van der Waals surface area contributed by atoms with E-state index in [1.807, 2.05) is 54.5 Å². The SMILES string of the molecule is CN(Cc1cccnc1)c1[nH]c2ccccc2c1C=O.